The summed E-state index contributed by atoms with van der Waals surface area (Å²) in [4.78, 5) is 20.2. The summed E-state index contributed by atoms with van der Waals surface area (Å²) < 4.78 is 14.4. The first-order chi connectivity index (χ1) is 10.5. The van der Waals surface area contributed by atoms with Gasteiger partial charge in [0.05, 0.1) is 28.8 Å². The van der Waals surface area contributed by atoms with E-state index >= 15 is 0 Å². The number of halogens is 2. The largest absolute Gasteiger partial charge is 0.396 e. The maximum Gasteiger partial charge on any atom is 0.331 e. The molecule has 0 aliphatic heterocycles. The molecule has 7 nitrogen and oxygen atoms in total. The van der Waals surface area contributed by atoms with Gasteiger partial charge in [0, 0.05) is 6.42 Å². The summed E-state index contributed by atoms with van der Waals surface area (Å²) in [6, 6.07) is 3.92. The third-order valence-electron chi connectivity index (χ3n) is 2.50. The van der Waals surface area contributed by atoms with Gasteiger partial charge in [-0.3, -0.25) is 0 Å². The van der Waals surface area contributed by atoms with E-state index in [0.717, 1.165) is 0 Å². The number of hydrogen-bond acceptors (Lipinski definition) is 5. The van der Waals surface area contributed by atoms with Crippen molar-refractivity contribution in [3.8, 4) is 0 Å². The zero-order valence-electron chi connectivity index (χ0n) is 11.6. The van der Waals surface area contributed by atoms with Crippen LogP contribution in [-0.4, -0.2) is 21.7 Å². The van der Waals surface area contributed by atoms with E-state index in [4.69, 9.17) is 22.2 Å². The van der Waals surface area contributed by atoms with Crippen LogP contribution in [-0.2, 0) is 9.63 Å². The number of hydroxylamine groups is 1. The van der Waals surface area contributed by atoms with E-state index in [2.05, 4.69) is 15.6 Å². The number of hydrogen-bond donors (Lipinski definition) is 2. The van der Waals surface area contributed by atoms with Crippen LogP contribution < -0.4 is 11.2 Å². The Bertz CT molecular complexity index is 716. The van der Waals surface area contributed by atoms with E-state index in [-0.39, 0.29) is 17.4 Å². The number of carbonyl (C=O) groups is 1. The second kappa shape index (κ2) is 6.90. The number of aliphatic imine (C=N–C) groups is 1. The molecule has 0 aliphatic rings. The molecule has 9 heteroatoms. The summed E-state index contributed by atoms with van der Waals surface area (Å²) in [7, 11) is 0. The van der Waals surface area contributed by atoms with Gasteiger partial charge in [-0.15, -0.1) is 0 Å². The van der Waals surface area contributed by atoms with Crippen molar-refractivity contribution < 1.29 is 14.0 Å². The summed E-state index contributed by atoms with van der Waals surface area (Å²) in [5.74, 6) is -0.970. The number of aromatic nitrogens is 2. The molecule has 0 bridgehead atoms. The van der Waals surface area contributed by atoms with Crippen molar-refractivity contribution in [1.29, 1.82) is 0 Å². The molecule has 0 aliphatic carbocycles. The van der Waals surface area contributed by atoms with E-state index in [1.807, 2.05) is 0 Å². The topological polar surface area (TPSA) is 94.5 Å². The number of nitrogens with one attached hydrogen (secondary N) is 1. The van der Waals surface area contributed by atoms with Gasteiger partial charge in [-0.05, 0) is 18.2 Å². The molecule has 0 atom stereocenters. The van der Waals surface area contributed by atoms with Crippen LogP contribution in [0.5, 0.6) is 0 Å². The molecule has 0 saturated carbocycles. The molecule has 1 aromatic heterocycles. The normalized spacial score (nSPS) is 11.3. The van der Waals surface area contributed by atoms with E-state index in [1.54, 1.807) is 6.92 Å². The SMILES string of the molecule is CCC(=O)ONC(=Nc1ccc(F)c(Cl)c1)n1cc(N)cn1. The minimum Gasteiger partial charge on any atom is -0.396 e. The Hall–Kier alpha value is -2.61. The lowest BCUT2D eigenvalue weighted by Gasteiger charge is -2.09. The third kappa shape index (κ3) is 3.95. The lowest BCUT2D eigenvalue weighted by atomic mass is 10.3. The summed E-state index contributed by atoms with van der Waals surface area (Å²) in [6.45, 7) is 1.65. The molecule has 3 N–H and O–H groups in total. The van der Waals surface area contributed by atoms with Crippen LogP contribution in [0.3, 0.4) is 0 Å². The molecule has 0 amide bonds. The lowest BCUT2D eigenvalue weighted by molar-refractivity contribution is -0.147. The standard InChI is InChI=1S/C13H13ClFN5O2/c1-2-12(21)22-19-13(20-7-8(16)6-17-20)18-9-3-4-11(15)10(14)5-9/h3-7H,2,16H2,1H3,(H,18,19). The molecule has 0 saturated heterocycles. The van der Waals surface area contributed by atoms with Gasteiger partial charge in [0.2, 0.25) is 0 Å². The second-order valence-corrected chi connectivity index (χ2v) is 4.59. The minimum absolute atomic E-state index is 0.0705. The number of anilines is 1. The first-order valence-electron chi connectivity index (χ1n) is 6.29. The van der Waals surface area contributed by atoms with Gasteiger partial charge in [-0.25, -0.2) is 18.9 Å². The summed E-state index contributed by atoms with van der Waals surface area (Å²) in [5.41, 5.74) is 8.72. The zero-order chi connectivity index (χ0) is 16.1. The number of nitrogens with two attached hydrogens (primary N) is 1. The van der Waals surface area contributed by atoms with Crippen molar-refractivity contribution >= 4 is 34.9 Å². The van der Waals surface area contributed by atoms with Crippen molar-refractivity contribution in [2.24, 2.45) is 4.99 Å². The number of rotatable bonds is 2. The highest BCUT2D eigenvalue weighted by molar-refractivity contribution is 6.31. The van der Waals surface area contributed by atoms with Gasteiger partial charge in [-0.2, -0.15) is 10.6 Å². The predicted octanol–water partition coefficient (Wildman–Crippen LogP) is 2.25. The van der Waals surface area contributed by atoms with Gasteiger partial charge >= 0.3 is 5.97 Å². The quantitative estimate of drug-likeness (QED) is 0.501. The van der Waals surface area contributed by atoms with E-state index in [0.29, 0.717) is 11.4 Å². The molecular formula is C13H13ClFN5O2. The van der Waals surface area contributed by atoms with Crippen LogP contribution in [0.4, 0.5) is 15.8 Å². The molecule has 1 heterocycles. The van der Waals surface area contributed by atoms with Gasteiger partial charge in [0.15, 0.2) is 0 Å². The van der Waals surface area contributed by atoms with Crippen molar-refractivity contribution in [2.75, 3.05) is 5.73 Å². The molecule has 2 aromatic rings. The minimum atomic E-state index is -0.559. The molecule has 22 heavy (non-hydrogen) atoms. The molecule has 0 fully saturated rings. The Labute approximate surface area is 130 Å². The number of nitrogen functional groups attached to an aromatic ring is 1. The number of nitrogens with zero attached hydrogens (tertiary/aromatic N) is 3. The number of benzene rings is 1. The Morgan fingerprint density at radius 1 is 1.59 bits per heavy atom. The molecule has 0 radical (unpaired) electrons. The highest BCUT2D eigenvalue weighted by Crippen LogP contribution is 2.21. The van der Waals surface area contributed by atoms with Crippen molar-refractivity contribution in [3.05, 3.63) is 41.4 Å². The highest BCUT2D eigenvalue weighted by Gasteiger charge is 2.09. The fraction of sp³-hybridized carbons (Fsp3) is 0.154. The first-order valence-corrected chi connectivity index (χ1v) is 6.67. The highest BCUT2D eigenvalue weighted by atomic mass is 35.5. The molecular weight excluding hydrogens is 313 g/mol. The summed E-state index contributed by atoms with van der Waals surface area (Å²) >= 11 is 5.70. The second-order valence-electron chi connectivity index (χ2n) is 4.18. The smallest absolute Gasteiger partial charge is 0.331 e. The molecule has 0 spiro atoms. The van der Waals surface area contributed by atoms with Crippen molar-refractivity contribution in [1.82, 2.24) is 15.3 Å². The third-order valence-corrected chi connectivity index (χ3v) is 2.79. The van der Waals surface area contributed by atoms with Crippen LogP contribution in [0.1, 0.15) is 13.3 Å². The fourth-order valence-electron chi connectivity index (χ4n) is 1.42. The predicted molar refractivity (Wildman–Crippen MR) is 80.1 cm³/mol. The van der Waals surface area contributed by atoms with Gasteiger partial charge in [-0.1, -0.05) is 18.5 Å². The average Bonchev–Trinajstić information content (AvgIpc) is 2.93. The van der Waals surface area contributed by atoms with Gasteiger partial charge < -0.3 is 10.6 Å². The van der Waals surface area contributed by atoms with E-state index in [1.165, 1.54) is 35.3 Å². The molecule has 1 aromatic carbocycles. The summed E-state index contributed by atoms with van der Waals surface area (Å²) in [5, 5.41) is 3.88. The maximum atomic E-state index is 13.2. The Balaban J connectivity index is 2.31. The average molecular weight is 326 g/mol. The van der Waals surface area contributed by atoms with E-state index in [9.17, 15) is 9.18 Å². The zero-order valence-corrected chi connectivity index (χ0v) is 12.3. The fourth-order valence-corrected chi connectivity index (χ4v) is 1.60. The maximum absolute atomic E-state index is 13.2. The van der Waals surface area contributed by atoms with Gasteiger partial charge in [0.25, 0.3) is 5.96 Å². The number of carbonyl (C=O) groups excluding carboxylic acids is 1. The van der Waals surface area contributed by atoms with Crippen molar-refractivity contribution in [2.45, 2.75) is 13.3 Å². The Kier molecular flexibility index (Phi) is 4.95. The molecule has 2 rings (SSSR count). The van der Waals surface area contributed by atoms with Gasteiger partial charge in [0.1, 0.15) is 5.82 Å². The van der Waals surface area contributed by atoms with E-state index < -0.39 is 11.8 Å². The van der Waals surface area contributed by atoms with Crippen LogP contribution in [0, 0.1) is 5.82 Å². The van der Waals surface area contributed by atoms with Crippen LogP contribution in [0.2, 0.25) is 5.02 Å². The molecule has 116 valence electrons. The Morgan fingerprint density at radius 2 is 2.36 bits per heavy atom. The van der Waals surface area contributed by atoms with Crippen LogP contribution >= 0.6 is 11.6 Å². The lowest BCUT2D eigenvalue weighted by Crippen LogP contribution is -2.32. The monoisotopic (exact) mass is 325 g/mol. The van der Waals surface area contributed by atoms with Crippen LogP contribution in [0.15, 0.2) is 35.6 Å². The Morgan fingerprint density at radius 3 is 2.95 bits per heavy atom. The first kappa shape index (κ1) is 15.8. The van der Waals surface area contributed by atoms with Crippen LogP contribution in [0.25, 0.3) is 0 Å². The summed E-state index contributed by atoms with van der Waals surface area (Å²) in [6.07, 6.45) is 3.05. The molecule has 0 unspecified atom stereocenters. The van der Waals surface area contributed by atoms with Crippen molar-refractivity contribution in [3.63, 3.8) is 0 Å².